The predicted octanol–water partition coefficient (Wildman–Crippen LogP) is 4.35. The number of aromatic nitrogens is 1. The van der Waals surface area contributed by atoms with Crippen molar-refractivity contribution in [1.29, 1.82) is 0 Å². The molecular weight excluding hydrogens is 427 g/mol. The number of fused-ring (bicyclic) bond motifs is 3. The largest absolute Gasteiger partial charge is 0.489 e. The van der Waals surface area contributed by atoms with Crippen LogP contribution in [0.5, 0.6) is 28.7 Å². The number of halogens is 1. The van der Waals surface area contributed by atoms with E-state index in [0.29, 0.717) is 53.7 Å². The molecule has 0 bridgehead atoms. The molecule has 7 nitrogen and oxygen atoms in total. The van der Waals surface area contributed by atoms with E-state index >= 15 is 0 Å². The van der Waals surface area contributed by atoms with Gasteiger partial charge in [-0.3, -0.25) is 9.88 Å². The summed E-state index contributed by atoms with van der Waals surface area (Å²) in [6, 6.07) is 8.39. The molecule has 5 rings (SSSR count). The van der Waals surface area contributed by atoms with Crippen LogP contribution < -0.4 is 18.9 Å². The Kier molecular flexibility index (Phi) is 6.46. The summed E-state index contributed by atoms with van der Waals surface area (Å²) in [7, 11) is 0. The van der Waals surface area contributed by atoms with Crippen LogP contribution in [0.3, 0.4) is 0 Å². The minimum absolute atomic E-state index is 0.141. The molecule has 0 unspecified atom stereocenters. The van der Waals surface area contributed by atoms with Gasteiger partial charge in [-0.05, 0) is 37.1 Å². The molecule has 33 heavy (non-hydrogen) atoms. The van der Waals surface area contributed by atoms with Crippen LogP contribution in [0, 0.1) is 12.7 Å². The lowest BCUT2D eigenvalue weighted by molar-refractivity contribution is 0.0357. The number of nitrogens with zero attached hydrogens (tertiary/aromatic N) is 2. The molecule has 2 aliphatic heterocycles. The summed E-state index contributed by atoms with van der Waals surface area (Å²) in [5, 5.41) is 0.632. The van der Waals surface area contributed by atoms with Crippen LogP contribution in [-0.4, -0.2) is 62.6 Å². The molecule has 0 N–H and O–H groups in total. The van der Waals surface area contributed by atoms with Crippen molar-refractivity contribution in [3.05, 3.63) is 47.9 Å². The second-order valence-corrected chi connectivity index (χ2v) is 8.13. The first-order chi connectivity index (χ1) is 16.2. The zero-order valence-electron chi connectivity index (χ0n) is 18.6. The highest BCUT2D eigenvalue weighted by Gasteiger charge is 2.25. The molecule has 0 spiro atoms. The molecule has 3 heterocycles. The number of rotatable bonds is 7. The fourth-order valence-corrected chi connectivity index (χ4v) is 4.07. The quantitative estimate of drug-likeness (QED) is 0.492. The van der Waals surface area contributed by atoms with Gasteiger partial charge in [-0.1, -0.05) is 6.07 Å². The van der Waals surface area contributed by atoms with Crippen LogP contribution >= 0.6 is 0 Å². The lowest BCUT2D eigenvalue weighted by atomic mass is 10.1. The number of hydrogen-bond donors (Lipinski definition) is 0. The maximum absolute atomic E-state index is 14.4. The van der Waals surface area contributed by atoms with Crippen LogP contribution in [0.2, 0.25) is 0 Å². The van der Waals surface area contributed by atoms with Crippen LogP contribution in [0.15, 0.2) is 36.5 Å². The highest BCUT2D eigenvalue weighted by molar-refractivity contribution is 5.95. The van der Waals surface area contributed by atoms with Gasteiger partial charge in [-0.15, -0.1) is 0 Å². The molecule has 0 atom stereocenters. The highest BCUT2D eigenvalue weighted by atomic mass is 19.1. The van der Waals surface area contributed by atoms with Crippen molar-refractivity contribution in [1.82, 2.24) is 9.88 Å². The molecule has 0 aliphatic carbocycles. The Labute approximate surface area is 192 Å². The Morgan fingerprint density at radius 2 is 1.79 bits per heavy atom. The third-order valence-corrected chi connectivity index (χ3v) is 5.73. The average molecular weight is 454 g/mol. The number of aryl methyl sites for hydroxylation is 1. The fraction of sp³-hybridized carbons (Fsp3) is 0.400. The Morgan fingerprint density at radius 1 is 0.970 bits per heavy atom. The summed E-state index contributed by atoms with van der Waals surface area (Å²) in [5.41, 5.74) is 1.46. The van der Waals surface area contributed by atoms with E-state index in [4.69, 9.17) is 23.7 Å². The van der Waals surface area contributed by atoms with E-state index < -0.39 is 5.82 Å². The SMILES string of the molecule is Cc1ccc(Oc2ccnc3cc(OCCCN4CCOCC4)c4c(c23)OCCO4)c(F)c1. The van der Waals surface area contributed by atoms with Gasteiger partial charge in [0.15, 0.2) is 23.1 Å². The molecule has 2 aliphatic rings. The number of hydrogen-bond acceptors (Lipinski definition) is 7. The zero-order chi connectivity index (χ0) is 22.6. The first-order valence-corrected chi connectivity index (χ1v) is 11.3. The van der Waals surface area contributed by atoms with Crippen molar-refractivity contribution in [3.63, 3.8) is 0 Å². The molecule has 8 heteroatoms. The van der Waals surface area contributed by atoms with Crippen molar-refractivity contribution in [3.8, 4) is 28.7 Å². The fourth-order valence-electron chi connectivity index (χ4n) is 4.07. The van der Waals surface area contributed by atoms with Crippen molar-refractivity contribution >= 4 is 10.9 Å². The van der Waals surface area contributed by atoms with Gasteiger partial charge in [0.25, 0.3) is 0 Å². The molecule has 0 amide bonds. The smallest absolute Gasteiger partial charge is 0.204 e. The van der Waals surface area contributed by atoms with E-state index in [9.17, 15) is 4.39 Å². The highest BCUT2D eigenvalue weighted by Crippen LogP contribution is 2.48. The van der Waals surface area contributed by atoms with Crippen LogP contribution in [0.25, 0.3) is 10.9 Å². The Balaban J connectivity index is 1.40. The second kappa shape index (κ2) is 9.80. The molecule has 0 radical (unpaired) electrons. The van der Waals surface area contributed by atoms with Gasteiger partial charge in [0, 0.05) is 31.9 Å². The van der Waals surface area contributed by atoms with E-state index in [1.165, 1.54) is 6.07 Å². The molecule has 0 saturated carbocycles. The van der Waals surface area contributed by atoms with Gasteiger partial charge in [0.2, 0.25) is 5.75 Å². The van der Waals surface area contributed by atoms with Gasteiger partial charge in [0.1, 0.15) is 19.0 Å². The van der Waals surface area contributed by atoms with Crippen LogP contribution in [-0.2, 0) is 4.74 Å². The molecule has 1 aromatic heterocycles. The predicted molar refractivity (Wildman–Crippen MR) is 121 cm³/mol. The lowest BCUT2D eigenvalue weighted by Crippen LogP contribution is -2.37. The summed E-state index contributed by atoms with van der Waals surface area (Å²) in [4.78, 5) is 6.85. The normalized spacial score (nSPS) is 16.1. The van der Waals surface area contributed by atoms with Gasteiger partial charge in [-0.2, -0.15) is 0 Å². The van der Waals surface area contributed by atoms with Crippen molar-refractivity contribution in [2.75, 3.05) is 52.7 Å². The van der Waals surface area contributed by atoms with E-state index in [0.717, 1.165) is 44.8 Å². The third-order valence-electron chi connectivity index (χ3n) is 5.73. The van der Waals surface area contributed by atoms with Crippen LogP contribution in [0.1, 0.15) is 12.0 Å². The third kappa shape index (κ3) is 4.82. The monoisotopic (exact) mass is 454 g/mol. The van der Waals surface area contributed by atoms with E-state index in [2.05, 4.69) is 9.88 Å². The maximum Gasteiger partial charge on any atom is 0.204 e. The molecule has 1 fully saturated rings. The molecular formula is C25H27FN2O5. The zero-order valence-corrected chi connectivity index (χ0v) is 18.6. The maximum atomic E-state index is 14.4. The Morgan fingerprint density at radius 3 is 2.61 bits per heavy atom. The van der Waals surface area contributed by atoms with Crippen molar-refractivity contribution in [2.45, 2.75) is 13.3 Å². The summed E-state index contributed by atoms with van der Waals surface area (Å²) in [6.07, 6.45) is 2.51. The van der Waals surface area contributed by atoms with E-state index in [1.807, 2.05) is 13.0 Å². The molecule has 3 aromatic rings. The van der Waals surface area contributed by atoms with Crippen molar-refractivity contribution in [2.24, 2.45) is 0 Å². The summed E-state index contributed by atoms with van der Waals surface area (Å²) >= 11 is 0. The minimum Gasteiger partial charge on any atom is -0.489 e. The van der Waals surface area contributed by atoms with Gasteiger partial charge in [0.05, 0.1) is 30.7 Å². The number of morpholine rings is 1. The topological polar surface area (TPSA) is 62.3 Å². The second-order valence-electron chi connectivity index (χ2n) is 8.13. The minimum atomic E-state index is -0.425. The number of ether oxygens (including phenoxy) is 5. The Bertz CT molecular complexity index is 1130. The van der Waals surface area contributed by atoms with E-state index in [1.54, 1.807) is 24.4 Å². The summed E-state index contributed by atoms with van der Waals surface area (Å²) in [6.45, 7) is 7.63. The number of pyridine rings is 1. The molecule has 174 valence electrons. The standard InChI is InChI=1S/C25H27FN2O5/c1-17-3-4-20(18(26)15-17)33-21-5-6-27-19-16-22(24-25(23(19)21)32-14-13-31-24)30-10-2-7-28-8-11-29-12-9-28/h3-6,15-16H,2,7-14H2,1H3. The van der Waals surface area contributed by atoms with Crippen LogP contribution in [0.4, 0.5) is 4.39 Å². The summed E-state index contributed by atoms with van der Waals surface area (Å²) in [5.74, 6) is 1.79. The van der Waals surface area contributed by atoms with Crippen molar-refractivity contribution < 1.29 is 28.1 Å². The molecule has 2 aromatic carbocycles. The van der Waals surface area contributed by atoms with Gasteiger partial charge < -0.3 is 23.7 Å². The van der Waals surface area contributed by atoms with E-state index in [-0.39, 0.29) is 5.75 Å². The lowest BCUT2D eigenvalue weighted by Gasteiger charge is -2.26. The first kappa shape index (κ1) is 21.7. The molecule has 1 saturated heterocycles. The number of benzene rings is 2. The van der Waals surface area contributed by atoms with Gasteiger partial charge in [-0.25, -0.2) is 4.39 Å². The van der Waals surface area contributed by atoms with Gasteiger partial charge >= 0.3 is 0 Å². The Hall–Kier alpha value is -3.10. The average Bonchev–Trinajstić information content (AvgIpc) is 2.84. The first-order valence-electron chi connectivity index (χ1n) is 11.3. The summed E-state index contributed by atoms with van der Waals surface area (Å²) < 4.78 is 43.7.